The molecular formula is C28H38N4. The molecule has 0 radical (unpaired) electrons. The largest absolute Gasteiger partial charge is 0.377 e. The minimum atomic E-state index is 0.458. The Morgan fingerprint density at radius 1 is 0.500 bits per heavy atom. The third-order valence-corrected chi connectivity index (χ3v) is 6.93. The van der Waals surface area contributed by atoms with Gasteiger partial charge in [-0.2, -0.15) is 0 Å². The van der Waals surface area contributed by atoms with Crippen LogP contribution in [0.5, 0.6) is 0 Å². The Hall–Kier alpha value is -2.88. The van der Waals surface area contributed by atoms with Gasteiger partial charge >= 0.3 is 0 Å². The van der Waals surface area contributed by atoms with E-state index in [1.807, 2.05) is 0 Å². The van der Waals surface area contributed by atoms with Crippen LogP contribution in [0.3, 0.4) is 0 Å². The van der Waals surface area contributed by atoms with Crippen molar-refractivity contribution < 1.29 is 0 Å². The molecule has 2 aliphatic rings. The average molecular weight is 431 g/mol. The lowest BCUT2D eigenvalue weighted by Crippen LogP contribution is -2.17. The van der Waals surface area contributed by atoms with Gasteiger partial charge in [0, 0.05) is 102 Å². The van der Waals surface area contributed by atoms with Crippen LogP contribution in [-0.2, 0) is 0 Å². The number of hydrogen-bond donors (Lipinski definition) is 0. The molecule has 2 aliphatic carbocycles. The zero-order valence-electron chi connectivity index (χ0n) is 21.0. The van der Waals surface area contributed by atoms with Crippen molar-refractivity contribution in [1.82, 2.24) is 0 Å². The molecule has 2 aromatic carbocycles. The molecule has 2 unspecified atom stereocenters. The number of nitrogens with zero attached hydrogens (tertiary/aromatic N) is 4. The number of fused-ring (bicyclic) bond motifs is 2. The molecule has 2 aromatic rings. The molecule has 4 heteroatoms. The Labute approximate surface area is 194 Å². The fraction of sp³-hybridized carbons (Fsp3) is 0.429. The molecule has 0 bridgehead atoms. The van der Waals surface area contributed by atoms with Crippen molar-refractivity contribution in [1.29, 1.82) is 0 Å². The second-order valence-electron chi connectivity index (χ2n) is 9.95. The van der Waals surface area contributed by atoms with E-state index in [4.69, 9.17) is 0 Å². The lowest BCUT2D eigenvalue weighted by molar-refractivity contribution is 0.641. The van der Waals surface area contributed by atoms with Gasteiger partial charge in [0.05, 0.1) is 0 Å². The minimum absolute atomic E-state index is 0.458. The van der Waals surface area contributed by atoms with Gasteiger partial charge in [-0.25, -0.2) is 0 Å². The summed E-state index contributed by atoms with van der Waals surface area (Å²) >= 11 is 0. The van der Waals surface area contributed by atoms with E-state index in [2.05, 4.69) is 125 Å². The van der Waals surface area contributed by atoms with Crippen molar-refractivity contribution in [3.63, 3.8) is 0 Å². The normalized spacial score (nSPS) is 18.0. The molecule has 0 saturated carbocycles. The minimum Gasteiger partial charge on any atom is -0.377 e. The molecule has 170 valence electrons. The summed E-state index contributed by atoms with van der Waals surface area (Å²) < 4.78 is 0. The third-order valence-electron chi connectivity index (χ3n) is 6.93. The highest BCUT2D eigenvalue weighted by molar-refractivity contribution is 5.83. The van der Waals surface area contributed by atoms with Gasteiger partial charge in [-0.15, -0.1) is 0 Å². The van der Waals surface area contributed by atoms with Gasteiger partial charge in [0.25, 0.3) is 0 Å². The van der Waals surface area contributed by atoms with Crippen LogP contribution in [-0.4, -0.2) is 56.4 Å². The van der Waals surface area contributed by atoms with E-state index in [0.717, 1.165) is 12.8 Å². The molecule has 0 fully saturated rings. The van der Waals surface area contributed by atoms with Crippen molar-refractivity contribution in [2.45, 2.75) is 24.7 Å². The van der Waals surface area contributed by atoms with Crippen LogP contribution < -0.4 is 19.6 Å². The van der Waals surface area contributed by atoms with Crippen LogP contribution in [0.1, 0.15) is 46.9 Å². The van der Waals surface area contributed by atoms with Crippen LogP contribution in [0.15, 0.2) is 36.4 Å². The van der Waals surface area contributed by atoms with Crippen LogP contribution in [0.4, 0.5) is 22.7 Å². The molecule has 2 atom stereocenters. The molecule has 0 heterocycles. The predicted octanol–water partition coefficient (Wildman–Crippen LogP) is 5.65. The maximum absolute atomic E-state index is 2.42. The van der Waals surface area contributed by atoms with Gasteiger partial charge in [0.15, 0.2) is 0 Å². The summed E-state index contributed by atoms with van der Waals surface area (Å²) in [4.78, 5) is 8.98. The Morgan fingerprint density at radius 3 is 1.12 bits per heavy atom. The Bertz CT molecular complexity index is 974. The second kappa shape index (κ2) is 8.57. The summed E-state index contributed by atoms with van der Waals surface area (Å²) in [5.74, 6) is 0.916. The monoisotopic (exact) mass is 430 g/mol. The first-order chi connectivity index (χ1) is 15.2. The van der Waals surface area contributed by atoms with Gasteiger partial charge in [0.2, 0.25) is 0 Å². The topological polar surface area (TPSA) is 13.0 Å². The maximum Gasteiger partial charge on any atom is 0.0439 e. The SMILES string of the molecule is CN(C)c1ccc(N(C)C)c2c1C=CC2CCC1C=Cc2c(N(C)C)ccc(N(C)C)c21. The van der Waals surface area contributed by atoms with E-state index in [1.54, 1.807) is 0 Å². The summed E-state index contributed by atoms with van der Waals surface area (Å²) in [6.07, 6.45) is 11.8. The lowest BCUT2D eigenvalue weighted by Gasteiger charge is -2.27. The fourth-order valence-corrected chi connectivity index (χ4v) is 5.37. The van der Waals surface area contributed by atoms with E-state index in [0.29, 0.717) is 11.8 Å². The average Bonchev–Trinajstić information content (AvgIpc) is 3.34. The number of hydrogen-bond acceptors (Lipinski definition) is 4. The highest BCUT2D eigenvalue weighted by atomic mass is 15.1. The highest BCUT2D eigenvalue weighted by Gasteiger charge is 2.29. The van der Waals surface area contributed by atoms with Crippen LogP contribution in [0, 0.1) is 0 Å². The first-order valence-electron chi connectivity index (χ1n) is 11.6. The standard InChI is InChI=1S/C28H38N4/c1-29(2)23-15-17-25(31(5)6)27-19(11-13-21(23)27)9-10-20-12-14-22-24(30(3)4)16-18-26(28(20)22)32(7)8/h11-20H,9-10H2,1-8H3. The van der Waals surface area contributed by atoms with Gasteiger partial charge in [0.1, 0.15) is 0 Å². The van der Waals surface area contributed by atoms with Crippen molar-refractivity contribution >= 4 is 34.9 Å². The number of rotatable bonds is 7. The second-order valence-corrected chi connectivity index (χ2v) is 9.95. The van der Waals surface area contributed by atoms with Crippen molar-refractivity contribution in [3.8, 4) is 0 Å². The molecule has 0 spiro atoms. The van der Waals surface area contributed by atoms with Crippen molar-refractivity contribution in [2.75, 3.05) is 76.0 Å². The summed E-state index contributed by atoms with van der Waals surface area (Å²) in [5, 5.41) is 0. The third kappa shape index (κ3) is 3.76. The molecule has 4 rings (SSSR count). The Kier molecular flexibility index (Phi) is 5.98. The summed E-state index contributed by atoms with van der Waals surface area (Å²) in [6.45, 7) is 0. The zero-order chi connectivity index (χ0) is 23.2. The van der Waals surface area contributed by atoms with E-state index in [-0.39, 0.29) is 0 Å². The van der Waals surface area contributed by atoms with Gasteiger partial charge < -0.3 is 19.6 Å². The molecule has 0 N–H and O–H groups in total. The van der Waals surface area contributed by atoms with E-state index in [9.17, 15) is 0 Å². The van der Waals surface area contributed by atoms with Crippen LogP contribution in [0.2, 0.25) is 0 Å². The van der Waals surface area contributed by atoms with E-state index >= 15 is 0 Å². The fourth-order valence-electron chi connectivity index (χ4n) is 5.37. The molecular weight excluding hydrogens is 392 g/mol. The van der Waals surface area contributed by atoms with E-state index < -0.39 is 0 Å². The number of benzene rings is 2. The van der Waals surface area contributed by atoms with E-state index in [1.165, 1.54) is 45.0 Å². The number of anilines is 4. The molecule has 0 saturated heterocycles. The van der Waals surface area contributed by atoms with Crippen molar-refractivity contribution in [2.24, 2.45) is 0 Å². The maximum atomic E-state index is 2.42. The first kappa shape index (κ1) is 22.3. The molecule has 0 amide bonds. The molecule has 0 aliphatic heterocycles. The van der Waals surface area contributed by atoms with Gasteiger partial charge in [-0.1, -0.05) is 24.3 Å². The van der Waals surface area contributed by atoms with Crippen LogP contribution >= 0.6 is 0 Å². The molecule has 4 nitrogen and oxygen atoms in total. The van der Waals surface area contributed by atoms with Crippen LogP contribution in [0.25, 0.3) is 12.2 Å². The molecule has 0 aromatic heterocycles. The predicted molar refractivity (Wildman–Crippen MR) is 143 cm³/mol. The number of allylic oxidation sites excluding steroid dienone is 2. The smallest absolute Gasteiger partial charge is 0.0439 e. The van der Waals surface area contributed by atoms with Gasteiger partial charge in [-0.3, -0.25) is 0 Å². The Morgan fingerprint density at radius 2 is 0.812 bits per heavy atom. The molecule has 32 heavy (non-hydrogen) atoms. The van der Waals surface area contributed by atoms with Gasteiger partial charge in [-0.05, 0) is 48.2 Å². The van der Waals surface area contributed by atoms with Crippen molar-refractivity contribution in [3.05, 3.63) is 58.7 Å². The zero-order valence-corrected chi connectivity index (χ0v) is 21.0. The summed E-state index contributed by atoms with van der Waals surface area (Å²) in [7, 11) is 17.2. The summed E-state index contributed by atoms with van der Waals surface area (Å²) in [5.41, 5.74) is 11.0. The Balaban J connectivity index is 1.64. The highest BCUT2D eigenvalue weighted by Crippen LogP contribution is 2.48. The lowest BCUT2D eigenvalue weighted by atomic mass is 9.87. The quantitative estimate of drug-likeness (QED) is 0.562. The summed E-state index contributed by atoms with van der Waals surface area (Å²) in [6, 6.07) is 9.07. The first-order valence-corrected chi connectivity index (χ1v) is 11.6.